The van der Waals surface area contributed by atoms with E-state index in [4.69, 9.17) is 10.5 Å². The van der Waals surface area contributed by atoms with Crippen molar-refractivity contribution in [3.63, 3.8) is 0 Å². The van der Waals surface area contributed by atoms with E-state index in [1.54, 1.807) is 6.92 Å². The van der Waals surface area contributed by atoms with Gasteiger partial charge in [0.1, 0.15) is 6.04 Å². The van der Waals surface area contributed by atoms with Crippen LogP contribution in [0.3, 0.4) is 0 Å². The lowest BCUT2D eigenvalue weighted by Crippen LogP contribution is -2.52. The number of benzene rings is 1. The number of rotatable bonds is 5. The summed E-state index contributed by atoms with van der Waals surface area (Å²) in [6.45, 7) is 5.54. The second kappa shape index (κ2) is 7.54. The summed E-state index contributed by atoms with van der Waals surface area (Å²) < 4.78 is 5.01. The van der Waals surface area contributed by atoms with Gasteiger partial charge in [-0.25, -0.2) is 0 Å². The molecule has 5 nitrogen and oxygen atoms in total. The van der Waals surface area contributed by atoms with Gasteiger partial charge in [-0.2, -0.15) is 0 Å². The smallest absolute Gasteiger partial charge is 0.324 e. The van der Waals surface area contributed by atoms with Crippen molar-refractivity contribution in [2.45, 2.75) is 19.0 Å². The molecule has 0 saturated carbocycles. The first-order valence-corrected chi connectivity index (χ1v) is 7.51. The molecule has 1 aliphatic rings. The largest absolute Gasteiger partial charge is 0.465 e. The summed E-state index contributed by atoms with van der Waals surface area (Å²) in [7, 11) is 2.12. The van der Waals surface area contributed by atoms with E-state index in [1.165, 1.54) is 5.56 Å². The van der Waals surface area contributed by atoms with Crippen molar-refractivity contribution in [1.82, 2.24) is 9.80 Å². The second-order valence-electron chi connectivity index (χ2n) is 5.54. The van der Waals surface area contributed by atoms with Gasteiger partial charge in [-0.1, -0.05) is 30.3 Å². The highest BCUT2D eigenvalue weighted by atomic mass is 16.5. The van der Waals surface area contributed by atoms with E-state index < -0.39 is 6.04 Å². The van der Waals surface area contributed by atoms with Crippen LogP contribution in [0.1, 0.15) is 18.5 Å². The van der Waals surface area contributed by atoms with Gasteiger partial charge in [0, 0.05) is 32.2 Å². The molecule has 0 aliphatic carbocycles. The lowest BCUT2D eigenvalue weighted by atomic mass is 10.0. The van der Waals surface area contributed by atoms with E-state index in [-0.39, 0.29) is 12.0 Å². The number of nitrogens with two attached hydrogens (primary N) is 1. The molecular weight excluding hydrogens is 266 g/mol. The third-order valence-electron chi connectivity index (χ3n) is 3.90. The van der Waals surface area contributed by atoms with Gasteiger partial charge in [0.15, 0.2) is 0 Å². The number of piperazine rings is 1. The minimum atomic E-state index is -0.584. The molecule has 2 unspecified atom stereocenters. The number of carbonyl (C=O) groups is 1. The number of hydrogen-bond acceptors (Lipinski definition) is 5. The van der Waals surface area contributed by atoms with Crippen molar-refractivity contribution in [2.24, 2.45) is 5.73 Å². The molecule has 1 aliphatic heterocycles. The molecule has 0 aromatic heterocycles. The Labute approximate surface area is 126 Å². The van der Waals surface area contributed by atoms with Crippen LogP contribution in [0.25, 0.3) is 0 Å². The number of esters is 1. The van der Waals surface area contributed by atoms with Gasteiger partial charge >= 0.3 is 5.97 Å². The number of hydrogen-bond donors (Lipinski definition) is 1. The quantitative estimate of drug-likeness (QED) is 0.816. The van der Waals surface area contributed by atoms with Gasteiger partial charge in [0.2, 0.25) is 0 Å². The average molecular weight is 291 g/mol. The maximum Gasteiger partial charge on any atom is 0.324 e. The Kier molecular flexibility index (Phi) is 5.73. The Morgan fingerprint density at radius 1 is 1.38 bits per heavy atom. The number of ether oxygens (including phenoxy) is 1. The second-order valence-corrected chi connectivity index (χ2v) is 5.54. The van der Waals surface area contributed by atoms with E-state index >= 15 is 0 Å². The summed E-state index contributed by atoms with van der Waals surface area (Å²) in [4.78, 5) is 16.3. The normalized spacial score (nSPS) is 22.0. The van der Waals surface area contributed by atoms with E-state index in [2.05, 4.69) is 29.0 Å². The van der Waals surface area contributed by atoms with Crippen LogP contribution in [-0.4, -0.2) is 61.6 Å². The number of carbonyl (C=O) groups excluding carboxylic acids is 1. The maximum atomic E-state index is 11.7. The van der Waals surface area contributed by atoms with Crippen LogP contribution in [0, 0.1) is 0 Å². The van der Waals surface area contributed by atoms with Gasteiger partial charge in [-0.3, -0.25) is 9.69 Å². The first-order valence-electron chi connectivity index (χ1n) is 7.51. The van der Waals surface area contributed by atoms with E-state index in [0.717, 1.165) is 19.6 Å². The highest BCUT2D eigenvalue weighted by molar-refractivity contribution is 5.75. The van der Waals surface area contributed by atoms with Crippen molar-refractivity contribution in [1.29, 1.82) is 0 Å². The zero-order valence-corrected chi connectivity index (χ0v) is 12.9. The zero-order valence-electron chi connectivity index (χ0n) is 12.9. The minimum absolute atomic E-state index is 0.269. The molecule has 1 aromatic carbocycles. The topological polar surface area (TPSA) is 58.8 Å². The average Bonchev–Trinajstić information content (AvgIpc) is 2.50. The molecule has 0 amide bonds. The Balaban J connectivity index is 2.07. The highest BCUT2D eigenvalue weighted by Crippen LogP contribution is 2.24. The summed E-state index contributed by atoms with van der Waals surface area (Å²) in [5.41, 5.74) is 7.24. The summed E-state index contributed by atoms with van der Waals surface area (Å²) in [5.74, 6) is -0.316. The zero-order chi connectivity index (χ0) is 15.2. The lowest BCUT2D eigenvalue weighted by Gasteiger charge is -2.41. The third kappa shape index (κ3) is 4.27. The Hall–Kier alpha value is -1.43. The predicted molar refractivity (Wildman–Crippen MR) is 82.9 cm³/mol. The molecule has 0 spiro atoms. The molecular formula is C16H25N3O2. The highest BCUT2D eigenvalue weighted by Gasteiger charge is 2.29. The fourth-order valence-corrected chi connectivity index (χ4v) is 2.74. The van der Waals surface area contributed by atoms with Crippen LogP contribution in [0.15, 0.2) is 30.3 Å². The fourth-order valence-electron chi connectivity index (χ4n) is 2.74. The molecule has 0 radical (unpaired) electrons. The summed E-state index contributed by atoms with van der Waals surface area (Å²) in [6.07, 6.45) is 0. The van der Waals surface area contributed by atoms with E-state index in [0.29, 0.717) is 13.2 Å². The van der Waals surface area contributed by atoms with Crippen molar-refractivity contribution < 1.29 is 9.53 Å². The van der Waals surface area contributed by atoms with Crippen molar-refractivity contribution in [3.05, 3.63) is 35.9 Å². The molecule has 21 heavy (non-hydrogen) atoms. The molecule has 1 fully saturated rings. The van der Waals surface area contributed by atoms with Gasteiger partial charge in [0.05, 0.1) is 6.61 Å². The maximum absolute atomic E-state index is 11.7. The standard InChI is InChI=1S/C16H25N3O2/c1-3-21-16(20)14(17)11-19-10-9-18(2)12-15(19)13-7-5-4-6-8-13/h4-8,14-15H,3,9-12,17H2,1-2H3. The molecule has 5 heteroatoms. The van der Waals surface area contributed by atoms with Crippen LogP contribution in [0.5, 0.6) is 0 Å². The fraction of sp³-hybridized carbons (Fsp3) is 0.562. The van der Waals surface area contributed by atoms with Crippen LogP contribution in [0.2, 0.25) is 0 Å². The SMILES string of the molecule is CCOC(=O)C(N)CN1CCN(C)CC1c1ccccc1. The third-order valence-corrected chi connectivity index (χ3v) is 3.90. The molecule has 1 aromatic rings. The summed E-state index contributed by atoms with van der Waals surface area (Å²) in [5, 5.41) is 0. The Morgan fingerprint density at radius 2 is 2.10 bits per heavy atom. The Bertz CT molecular complexity index is 452. The monoisotopic (exact) mass is 291 g/mol. The molecule has 1 saturated heterocycles. The number of nitrogens with zero attached hydrogens (tertiary/aromatic N) is 2. The molecule has 2 N–H and O–H groups in total. The van der Waals surface area contributed by atoms with Crippen LogP contribution < -0.4 is 5.73 Å². The number of likely N-dealkylation sites (N-methyl/N-ethyl adjacent to an activating group) is 1. The lowest BCUT2D eigenvalue weighted by molar-refractivity contribution is -0.145. The van der Waals surface area contributed by atoms with Gasteiger partial charge in [0.25, 0.3) is 0 Å². The van der Waals surface area contributed by atoms with Gasteiger partial charge in [-0.05, 0) is 19.5 Å². The van der Waals surface area contributed by atoms with Crippen LogP contribution >= 0.6 is 0 Å². The summed E-state index contributed by atoms with van der Waals surface area (Å²) >= 11 is 0. The van der Waals surface area contributed by atoms with E-state index in [1.807, 2.05) is 18.2 Å². The first-order chi connectivity index (χ1) is 10.1. The first kappa shape index (κ1) is 15.9. The molecule has 116 valence electrons. The van der Waals surface area contributed by atoms with Crippen molar-refractivity contribution in [3.8, 4) is 0 Å². The van der Waals surface area contributed by atoms with Gasteiger partial charge in [-0.15, -0.1) is 0 Å². The van der Waals surface area contributed by atoms with Crippen molar-refractivity contribution >= 4 is 5.97 Å². The minimum Gasteiger partial charge on any atom is -0.465 e. The predicted octanol–water partition coefficient (Wildman–Crippen LogP) is 0.866. The molecule has 2 atom stereocenters. The van der Waals surface area contributed by atoms with E-state index in [9.17, 15) is 4.79 Å². The van der Waals surface area contributed by atoms with Gasteiger partial charge < -0.3 is 15.4 Å². The molecule has 2 rings (SSSR count). The van der Waals surface area contributed by atoms with Crippen molar-refractivity contribution in [2.75, 3.05) is 39.8 Å². The Morgan fingerprint density at radius 3 is 2.76 bits per heavy atom. The summed E-state index contributed by atoms with van der Waals surface area (Å²) in [6, 6.07) is 10.1. The molecule has 1 heterocycles. The molecule has 0 bridgehead atoms. The van der Waals surface area contributed by atoms with Crippen LogP contribution in [-0.2, 0) is 9.53 Å². The van der Waals surface area contributed by atoms with Crippen LogP contribution in [0.4, 0.5) is 0 Å².